The maximum absolute atomic E-state index is 5.81. The van der Waals surface area contributed by atoms with Crippen LogP contribution in [-0.2, 0) is 0 Å². The minimum absolute atomic E-state index is 0.0407. The van der Waals surface area contributed by atoms with Crippen molar-refractivity contribution < 1.29 is 4.74 Å². The van der Waals surface area contributed by atoms with E-state index in [9.17, 15) is 0 Å². The van der Waals surface area contributed by atoms with Crippen molar-refractivity contribution in [3.05, 3.63) is 23.9 Å². The summed E-state index contributed by atoms with van der Waals surface area (Å²) >= 11 is 0. The highest BCUT2D eigenvalue weighted by atomic mass is 16.5. The van der Waals surface area contributed by atoms with Crippen molar-refractivity contribution in [2.75, 3.05) is 0 Å². The van der Waals surface area contributed by atoms with Gasteiger partial charge in [-0.3, -0.25) is 0 Å². The van der Waals surface area contributed by atoms with Crippen molar-refractivity contribution in [3.63, 3.8) is 0 Å². The van der Waals surface area contributed by atoms with Gasteiger partial charge in [0.15, 0.2) is 0 Å². The van der Waals surface area contributed by atoms with Gasteiger partial charge in [0.25, 0.3) is 0 Å². The molecule has 1 aromatic rings. The summed E-state index contributed by atoms with van der Waals surface area (Å²) in [6, 6.07) is 3.92. The molecule has 1 aliphatic carbocycles. The third kappa shape index (κ3) is 2.69. The van der Waals surface area contributed by atoms with Crippen LogP contribution in [0.1, 0.15) is 44.2 Å². The van der Waals surface area contributed by atoms with E-state index < -0.39 is 0 Å². The predicted octanol–water partition coefficient (Wildman–Crippen LogP) is 2.42. The standard InChI is InChI=1S/C12H18N2O/c1-9(13)10-6-7-14-12(8-10)15-11-4-2-3-5-11/h6-9,11H,2-5,13H2,1H3. The lowest BCUT2D eigenvalue weighted by Gasteiger charge is -2.13. The molecule has 0 amide bonds. The molecule has 3 heteroatoms. The summed E-state index contributed by atoms with van der Waals surface area (Å²) in [5, 5.41) is 0. The highest BCUT2D eigenvalue weighted by Crippen LogP contribution is 2.23. The van der Waals surface area contributed by atoms with Crippen molar-refractivity contribution in [3.8, 4) is 5.88 Å². The Labute approximate surface area is 90.7 Å². The van der Waals surface area contributed by atoms with Gasteiger partial charge in [-0.1, -0.05) is 0 Å². The van der Waals surface area contributed by atoms with Crippen molar-refractivity contribution in [1.29, 1.82) is 0 Å². The molecule has 0 radical (unpaired) electrons. The van der Waals surface area contributed by atoms with Crippen molar-refractivity contribution in [2.45, 2.75) is 44.8 Å². The van der Waals surface area contributed by atoms with Crippen LogP contribution in [0.25, 0.3) is 0 Å². The van der Waals surface area contributed by atoms with Crippen LogP contribution in [0.3, 0.4) is 0 Å². The Hall–Kier alpha value is -1.09. The monoisotopic (exact) mass is 206 g/mol. The van der Waals surface area contributed by atoms with E-state index in [0.29, 0.717) is 6.10 Å². The summed E-state index contributed by atoms with van der Waals surface area (Å²) in [7, 11) is 0. The number of pyridine rings is 1. The van der Waals surface area contributed by atoms with Gasteiger partial charge in [0, 0.05) is 18.3 Å². The smallest absolute Gasteiger partial charge is 0.213 e. The Morgan fingerprint density at radius 3 is 2.87 bits per heavy atom. The van der Waals surface area contributed by atoms with E-state index in [2.05, 4.69) is 4.98 Å². The van der Waals surface area contributed by atoms with E-state index in [1.807, 2.05) is 19.1 Å². The molecule has 1 aliphatic rings. The molecule has 1 unspecified atom stereocenters. The number of nitrogens with zero attached hydrogens (tertiary/aromatic N) is 1. The summed E-state index contributed by atoms with van der Waals surface area (Å²) in [5.74, 6) is 0.719. The second-order valence-corrected chi connectivity index (χ2v) is 4.24. The third-order valence-electron chi connectivity index (χ3n) is 2.87. The Kier molecular flexibility index (Phi) is 3.21. The first-order valence-corrected chi connectivity index (χ1v) is 5.64. The molecule has 3 nitrogen and oxygen atoms in total. The van der Waals surface area contributed by atoms with E-state index in [1.165, 1.54) is 12.8 Å². The SMILES string of the molecule is CC(N)c1ccnc(OC2CCCC2)c1. The second kappa shape index (κ2) is 4.62. The highest BCUT2D eigenvalue weighted by Gasteiger charge is 2.17. The Bertz CT molecular complexity index is 319. The zero-order valence-corrected chi connectivity index (χ0v) is 9.15. The largest absolute Gasteiger partial charge is 0.474 e. The van der Waals surface area contributed by atoms with Gasteiger partial charge in [0.2, 0.25) is 5.88 Å². The molecule has 1 saturated carbocycles. The first-order valence-electron chi connectivity index (χ1n) is 5.64. The Morgan fingerprint density at radius 2 is 2.20 bits per heavy atom. The molecular weight excluding hydrogens is 188 g/mol. The highest BCUT2D eigenvalue weighted by molar-refractivity contribution is 5.23. The summed E-state index contributed by atoms with van der Waals surface area (Å²) in [6.07, 6.45) is 6.99. The lowest BCUT2D eigenvalue weighted by Crippen LogP contribution is -2.12. The lowest BCUT2D eigenvalue weighted by molar-refractivity contribution is 0.201. The third-order valence-corrected chi connectivity index (χ3v) is 2.87. The first kappa shape index (κ1) is 10.4. The number of nitrogens with two attached hydrogens (primary N) is 1. The van der Waals surface area contributed by atoms with Crippen LogP contribution >= 0.6 is 0 Å². The first-order chi connectivity index (χ1) is 7.25. The average Bonchev–Trinajstić information content (AvgIpc) is 2.71. The summed E-state index contributed by atoms with van der Waals surface area (Å²) in [6.45, 7) is 1.97. The van der Waals surface area contributed by atoms with Gasteiger partial charge < -0.3 is 10.5 Å². The molecular formula is C12H18N2O. The molecule has 0 aromatic carbocycles. The van der Waals surface area contributed by atoms with Gasteiger partial charge in [-0.05, 0) is 44.2 Å². The van der Waals surface area contributed by atoms with Gasteiger partial charge in [0.05, 0.1) is 0 Å². The van der Waals surface area contributed by atoms with E-state index >= 15 is 0 Å². The summed E-state index contributed by atoms with van der Waals surface area (Å²) in [4.78, 5) is 4.21. The fourth-order valence-corrected chi connectivity index (χ4v) is 1.95. The van der Waals surface area contributed by atoms with Crippen molar-refractivity contribution >= 4 is 0 Å². The normalized spacial score (nSPS) is 19.1. The quantitative estimate of drug-likeness (QED) is 0.826. The summed E-state index contributed by atoms with van der Waals surface area (Å²) < 4.78 is 5.80. The van der Waals surface area contributed by atoms with Crippen molar-refractivity contribution in [2.24, 2.45) is 5.73 Å². The van der Waals surface area contributed by atoms with E-state index in [1.54, 1.807) is 6.20 Å². The minimum atomic E-state index is 0.0407. The van der Waals surface area contributed by atoms with E-state index in [4.69, 9.17) is 10.5 Å². The average molecular weight is 206 g/mol. The topological polar surface area (TPSA) is 48.1 Å². The van der Waals surface area contributed by atoms with Gasteiger partial charge in [-0.2, -0.15) is 0 Å². The van der Waals surface area contributed by atoms with Gasteiger partial charge >= 0.3 is 0 Å². The Morgan fingerprint density at radius 1 is 1.47 bits per heavy atom. The number of hydrogen-bond donors (Lipinski definition) is 1. The lowest BCUT2D eigenvalue weighted by atomic mass is 10.1. The molecule has 1 aromatic heterocycles. The molecule has 0 bridgehead atoms. The maximum Gasteiger partial charge on any atom is 0.213 e. The molecule has 2 rings (SSSR count). The fraction of sp³-hybridized carbons (Fsp3) is 0.583. The van der Waals surface area contributed by atoms with Crippen molar-refractivity contribution in [1.82, 2.24) is 4.98 Å². The van der Waals surface area contributed by atoms with Crippen LogP contribution in [0.5, 0.6) is 5.88 Å². The van der Waals surface area contributed by atoms with Gasteiger partial charge in [-0.25, -0.2) is 4.98 Å². The molecule has 1 heterocycles. The molecule has 1 fully saturated rings. The van der Waals surface area contributed by atoms with E-state index in [-0.39, 0.29) is 6.04 Å². The zero-order valence-electron chi connectivity index (χ0n) is 9.15. The molecule has 0 aliphatic heterocycles. The summed E-state index contributed by atoms with van der Waals surface area (Å²) in [5.41, 5.74) is 6.89. The number of rotatable bonds is 3. The molecule has 0 saturated heterocycles. The molecule has 15 heavy (non-hydrogen) atoms. The van der Waals surface area contributed by atoms with Crippen LogP contribution in [0, 0.1) is 0 Å². The Balaban J connectivity index is 2.04. The van der Waals surface area contributed by atoms with Crippen LogP contribution < -0.4 is 10.5 Å². The molecule has 1 atom stereocenters. The zero-order chi connectivity index (χ0) is 10.7. The number of ether oxygens (including phenoxy) is 1. The molecule has 82 valence electrons. The second-order valence-electron chi connectivity index (χ2n) is 4.24. The molecule has 0 spiro atoms. The number of aromatic nitrogens is 1. The van der Waals surface area contributed by atoms with Crippen LogP contribution in [-0.4, -0.2) is 11.1 Å². The number of hydrogen-bond acceptors (Lipinski definition) is 3. The van der Waals surface area contributed by atoms with Gasteiger partial charge in [-0.15, -0.1) is 0 Å². The van der Waals surface area contributed by atoms with Crippen LogP contribution in [0.2, 0.25) is 0 Å². The maximum atomic E-state index is 5.81. The fourth-order valence-electron chi connectivity index (χ4n) is 1.95. The van der Waals surface area contributed by atoms with Gasteiger partial charge in [0.1, 0.15) is 6.10 Å². The van der Waals surface area contributed by atoms with E-state index in [0.717, 1.165) is 24.3 Å². The molecule has 2 N–H and O–H groups in total. The minimum Gasteiger partial charge on any atom is -0.474 e. The van der Waals surface area contributed by atoms with Crippen LogP contribution in [0.15, 0.2) is 18.3 Å². The van der Waals surface area contributed by atoms with Crippen LogP contribution in [0.4, 0.5) is 0 Å². The predicted molar refractivity (Wildman–Crippen MR) is 59.7 cm³/mol.